The van der Waals surface area contributed by atoms with Gasteiger partial charge in [-0.05, 0) is 112 Å². The average molecular weight is 925 g/mol. The highest BCUT2D eigenvalue weighted by atomic mass is 79.9. The number of hydrogen-bond donors (Lipinski definition) is 4. The number of aromatic nitrogens is 2. The minimum atomic E-state index is -0.486. The van der Waals surface area contributed by atoms with Gasteiger partial charge in [0.1, 0.15) is 18.5 Å². The Balaban J connectivity index is 0.776. The van der Waals surface area contributed by atoms with Gasteiger partial charge in [-0.25, -0.2) is 9.78 Å². The van der Waals surface area contributed by atoms with Crippen LogP contribution in [0, 0.1) is 32.1 Å². The van der Waals surface area contributed by atoms with Crippen LogP contribution in [0.2, 0.25) is 0 Å². The lowest BCUT2D eigenvalue weighted by molar-refractivity contribution is -0.141. The number of rotatable bonds is 17. The molecular formula is C49H62BrN7O6. The van der Waals surface area contributed by atoms with Crippen LogP contribution in [0.25, 0.3) is 0 Å². The molecule has 4 aromatic rings. The number of nitrogens with one attached hydrogen (secondary N) is 4. The van der Waals surface area contributed by atoms with Crippen LogP contribution in [-0.2, 0) is 20.7 Å². The molecule has 4 amide bonds. The molecule has 0 spiro atoms. The molecule has 1 aliphatic carbocycles. The highest BCUT2D eigenvalue weighted by Gasteiger charge is 2.46. The molecule has 3 aromatic carbocycles. The molecule has 2 aliphatic heterocycles. The summed E-state index contributed by atoms with van der Waals surface area (Å²) in [4.78, 5) is 49.2. The summed E-state index contributed by atoms with van der Waals surface area (Å²) in [6.07, 6.45) is 9.45. The van der Waals surface area contributed by atoms with E-state index in [1.54, 1.807) is 17.2 Å². The summed E-state index contributed by atoms with van der Waals surface area (Å²) < 4.78 is 18.8. The van der Waals surface area contributed by atoms with Gasteiger partial charge in [-0.1, -0.05) is 66.0 Å². The summed E-state index contributed by atoms with van der Waals surface area (Å²) in [5, 5.41) is 12.6. The zero-order valence-electron chi connectivity index (χ0n) is 37.2. The highest BCUT2D eigenvalue weighted by molar-refractivity contribution is 9.10. The SMILES string of the molecule is Cc1ccc2c(c1)C1CCCC1C(C(C)(C)CNC(=O)c1ccc(CCCCOCCC(=O)N3CCO[C@H](COc4cc(C)c(Br)cc4NC(=O)Nc4cnc(C)cn4)C3)cc1)N2. The second-order valence-electron chi connectivity index (χ2n) is 18.0. The molecule has 2 fully saturated rings. The lowest BCUT2D eigenvalue weighted by Gasteiger charge is -2.46. The lowest BCUT2D eigenvalue weighted by atomic mass is 9.69. The van der Waals surface area contributed by atoms with E-state index >= 15 is 0 Å². The largest absolute Gasteiger partial charge is 0.489 e. The van der Waals surface area contributed by atoms with Crippen molar-refractivity contribution in [1.29, 1.82) is 0 Å². The van der Waals surface area contributed by atoms with Gasteiger partial charge in [0.25, 0.3) is 5.91 Å². The van der Waals surface area contributed by atoms with Crippen molar-refractivity contribution in [2.75, 3.05) is 62.0 Å². The Morgan fingerprint density at radius 2 is 1.79 bits per heavy atom. The van der Waals surface area contributed by atoms with E-state index in [1.807, 2.05) is 44.2 Å². The van der Waals surface area contributed by atoms with Gasteiger partial charge in [0.05, 0.1) is 50.0 Å². The van der Waals surface area contributed by atoms with Gasteiger partial charge in [-0.2, -0.15) is 0 Å². The van der Waals surface area contributed by atoms with Crippen molar-refractivity contribution in [2.45, 2.75) is 97.6 Å². The van der Waals surface area contributed by atoms with Crippen molar-refractivity contribution >= 4 is 51.0 Å². The van der Waals surface area contributed by atoms with Crippen molar-refractivity contribution in [3.63, 3.8) is 0 Å². The first-order valence-electron chi connectivity index (χ1n) is 22.3. The first-order valence-corrected chi connectivity index (χ1v) is 23.1. The number of carbonyl (C=O) groups is 3. The molecule has 1 saturated carbocycles. The first-order chi connectivity index (χ1) is 30.3. The molecule has 4 N–H and O–H groups in total. The number of halogens is 1. The Hall–Kier alpha value is -5.05. The van der Waals surface area contributed by atoms with Crippen molar-refractivity contribution in [1.82, 2.24) is 20.2 Å². The number of fused-ring (bicyclic) bond motifs is 3. The fourth-order valence-corrected chi connectivity index (χ4v) is 9.41. The molecule has 0 radical (unpaired) electrons. The summed E-state index contributed by atoms with van der Waals surface area (Å²) in [7, 11) is 0. The predicted octanol–water partition coefficient (Wildman–Crippen LogP) is 8.98. The summed E-state index contributed by atoms with van der Waals surface area (Å²) in [5.41, 5.74) is 7.93. The molecule has 13 nitrogen and oxygen atoms in total. The third-order valence-corrected chi connectivity index (χ3v) is 13.4. The van der Waals surface area contributed by atoms with Crippen LogP contribution in [0.1, 0.15) is 96.6 Å². The number of urea groups is 1. The quantitative estimate of drug-likeness (QED) is 0.0760. The summed E-state index contributed by atoms with van der Waals surface area (Å²) >= 11 is 3.53. The van der Waals surface area contributed by atoms with Crippen LogP contribution in [0.15, 0.2) is 71.5 Å². The number of ether oxygens (including phenoxy) is 3. The van der Waals surface area contributed by atoms with E-state index < -0.39 is 6.03 Å². The number of anilines is 3. The van der Waals surface area contributed by atoms with Crippen LogP contribution in [0.5, 0.6) is 5.75 Å². The topological polar surface area (TPSA) is 156 Å². The van der Waals surface area contributed by atoms with Gasteiger partial charge in [0.2, 0.25) is 5.91 Å². The van der Waals surface area contributed by atoms with Gasteiger partial charge >= 0.3 is 6.03 Å². The molecule has 63 heavy (non-hydrogen) atoms. The van der Waals surface area contributed by atoms with Gasteiger partial charge < -0.3 is 35.1 Å². The van der Waals surface area contributed by atoms with Crippen LogP contribution in [-0.4, -0.2) is 90.9 Å². The fraction of sp³-hybridized carbons (Fsp3) is 0.490. The highest BCUT2D eigenvalue weighted by Crippen LogP contribution is 2.51. The Kier molecular flexibility index (Phi) is 15.4. The molecule has 1 saturated heterocycles. The number of aryl methyl sites for hydroxylation is 4. The summed E-state index contributed by atoms with van der Waals surface area (Å²) in [6, 6.07) is 18.2. The summed E-state index contributed by atoms with van der Waals surface area (Å²) in [6.45, 7) is 13.5. The maximum absolute atomic E-state index is 13.3. The van der Waals surface area contributed by atoms with E-state index in [-0.39, 0.29) is 29.9 Å². The molecule has 14 heteroatoms. The maximum atomic E-state index is 13.3. The minimum Gasteiger partial charge on any atom is -0.489 e. The van der Waals surface area contributed by atoms with E-state index in [0.717, 1.165) is 35.0 Å². The van der Waals surface area contributed by atoms with E-state index in [0.29, 0.717) is 86.6 Å². The third kappa shape index (κ3) is 12.2. The molecule has 3 heterocycles. The number of hydrogen-bond acceptors (Lipinski definition) is 9. The number of carbonyl (C=O) groups excluding carboxylic acids is 3. The molecule has 1 aromatic heterocycles. The van der Waals surface area contributed by atoms with Crippen LogP contribution >= 0.6 is 15.9 Å². The number of unbranched alkanes of at least 4 members (excludes halogenated alkanes) is 1. The van der Waals surface area contributed by atoms with E-state index in [2.05, 4.69) is 86.1 Å². The first kappa shape index (κ1) is 46.0. The van der Waals surface area contributed by atoms with Crippen LogP contribution in [0.3, 0.4) is 0 Å². The number of nitrogens with zero attached hydrogens (tertiary/aromatic N) is 3. The van der Waals surface area contributed by atoms with E-state index in [4.69, 9.17) is 14.2 Å². The molecule has 336 valence electrons. The van der Waals surface area contributed by atoms with Crippen LogP contribution in [0.4, 0.5) is 22.0 Å². The van der Waals surface area contributed by atoms with Gasteiger partial charge in [-0.3, -0.25) is 19.9 Å². The Morgan fingerprint density at radius 1 is 0.968 bits per heavy atom. The van der Waals surface area contributed by atoms with Crippen molar-refractivity contribution in [3.8, 4) is 5.75 Å². The minimum absolute atomic E-state index is 0.0163. The molecule has 7 rings (SSSR count). The zero-order valence-corrected chi connectivity index (χ0v) is 38.8. The van der Waals surface area contributed by atoms with Crippen molar-refractivity contribution < 1.29 is 28.6 Å². The number of benzene rings is 3. The predicted molar refractivity (Wildman–Crippen MR) is 250 cm³/mol. The standard InChI is InChI=1S/C49H62BrN7O6/c1-31-12-17-41-39(23-31)37-10-8-11-38(37)46(54-41)49(4,5)30-53-47(59)35-15-13-34(14-16-35)9-6-7-20-61-21-18-45(58)57-19-22-62-36(28-57)29-63-43-24-32(2)40(50)25-42(43)55-48(60)56-44-27-51-33(3)26-52-44/h12-17,23-27,36-38,46,54H,6-11,18-22,28-30H2,1-5H3,(H,53,59)(H2,52,55,56,60)/t36-,37?,38?,46?/m0/s1. The van der Waals surface area contributed by atoms with E-state index in [1.165, 1.54) is 47.8 Å². The molecule has 3 unspecified atom stereocenters. The van der Waals surface area contributed by atoms with Crippen LogP contribution < -0.4 is 26.0 Å². The monoisotopic (exact) mass is 923 g/mol. The van der Waals surface area contributed by atoms with E-state index in [9.17, 15) is 14.4 Å². The second kappa shape index (κ2) is 21.1. The fourth-order valence-electron chi connectivity index (χ4n) is 9.07. The van der Waals surface area contributed by atoms with Gasteiger partial charge in [-0.15, -0.1) is 0 Å². The molecular weight excluding hydrogens is 862 g/mol. The Bertz CT molecular complexity index is 2220. The van der Waals surface area contributed by atoms with Crippen molar-refractivity contribution in [3.05, 3.63) is 105 Å². The number of amides is 4. The molecule has 4 atom stereocenters. The lowest BCUT2D eigenvalue weighted by Crippen LogP contribution is -2.51. The zero-order chi connectivity index (χ0) is 44.5. The second-order valence-corrected chi connectivity index (χ2v) is 18.8. The molecule has 3 aliphatic rings. The van der Waals surface area contributed by atoms with Gasteiger partial charge in [0, 0.05) is 46.9 Å². The summed E-state index contributed by atoms with van der Waals surface area (Å²) in [5.74, 6) is 1.95. The third-order valence-electron chi connectivity index (χ3n) is 12.6. The number of morpholine rings is 1. The Labute approximate surface area is 380 Å². The Morgan fingerprint density at radius 3 is 2.59 bits per heavy atom. The smallest absolute Gasteiger partial charge is 0.325 e. The average Bonchev–Trinajstić information content (AvgIpc) is 3.77. The van der Waals surface area contributed by atoms with Crippen molar-refractivity contribution in [2.24, 2.45) is 11.3 Å². The maximum Gasteiger partial charge on any atom is 0.325 e. The normalized spacial score (nSPS) is 19.4. The van der Waals surface area contributed by atoms with Gasteiger partial charge in [0.15, 0.2) is 5.82 Å². The molecule has 0 bridgehead atoms.